The van der Waals surface area contributed by atoms with Crippen LogP contribution in [0.1, 0.15) is 77.5 Å². The Kier molecular flexibility index (Phi) is 6.07. The topological polar surface area (TPSA) is 9.23 Å². The second kappa shape index (κ2) is 8.62. The third-order valence-electron chi connectivity index (χ3n) is 8.70. The molecular weight excluding hydrogens is 452 g/mol. The Hall–Kier alpha value is -2.32. The van der Waals surface area contributed by atoms with Crippen molar-refractivity contribution < 1.29 is 4.74 Å². The van der Waals surface area contributed by atoms with E-state index in [1.54, 1.807) is 5.56 Å². The lowest BCUT2D eigenvalue weighted by molar-refractivity contribution is 0.129. The summed E-state index contributed by atoms with van der Waals surface area (Å²) < 4.78 is 6.99. The van der Waals surface area contributed by atoms with Gasteiger partial charge < -0.3 is 4.74 Å². The fourth-order valence-corrected chi connectivity index (χ4v) is 12.0. The van der Waals surface area contributed by atoms with E-state index in [2.05, 4.69) is 128 Å². The minimum Gasteiger partial charge on any atom is -0.488 e. The van der Waals surface area contributed by atoms with Crippen LogP contribution in [0.3, 0.4) is 0 Å². The van der Waals surface area contributed by atoms with Crippen LogP contribution in [0.5, 0.6) is 5.75 Å². The summed E-state index contributed by atoms with van der Waals surface area (Å²) in [6, 6.07) is 20.5. The number of ether oxygens (including phenoxy) is 1. The molecular formula is C34H44OSi. The zero-order valence-corrected chi connectivity index (χ0v) is 24.8. The predicted octanol–water partition coefficient (Wildman–Crippen LogP) is 9.07. The summed E-state index contributed by atoms with van der Waals surface area (Å²) in [5, 5.41) is 4.19. The standard InChI is InChI=1S/C34H44OSi/c1-22-20-28-25-16-12-10-14-23(25)18-19-27(28)32(22)36(8,9)29-21-24-15-11-13-17-26(24)30(33(2,3)4)31(29)35-34(5,6)7/h10-19,21-22,27-28,32H,20H2,1-9H3. The molecule has 3 aromatic rings. The summed E-state index contributed by atoms with van der Waals surface area (Å²) >= 11 is 0. The van der Waals surface area contributed by atoms with Crippen molar-refractivity contribution >= 4 is 30.1 Å². The Morgan fingerprint density at radius 3 is 2.25 bits per heavy atom. The van der Waals surface area contributed by atoms with Gasteiger partial charge in [0.15, 0.2) is 0 Å². The van der Waals surface area contributed by atoms with Crippen molar-refractivity contribution in [2.75, 3.05) is 0 Å². The summed E-state index contributed by atoms with van der Waals surface area (Å²) in [7, 11) is -1.99. The Balaban J connectivity index is 1.73. The summed E-state index contributed by atoms with van der Waals surface area (Å²) in [5.74, 6) is 3.09. The summed E-state index contributed by atoms with van der Waals surface area (Å²) in [6.45, 7) is 21.4. The third-order valence-corrected chi connectivity index (χ3v) is 13.1. The first-order valence-corrected chi connectivity index (χ1v) is 16.9. The molecule has 0 amide bonds. The fourth-order valence-electron chi connectivity index (χ4n) is 7.47. The molecule has 3 aromatic carbocycles. The maximum absolute atomic E-state index is 6.99. The molecule has 0 aliphatic heterocycles. The second-order valence-corrected chi connectivity index (χ2v) is 18.6. The highest BCUT2D eigenvalue weighted by atomic mass is 28.3. The van der Waals surface area contributed by atoms with E-state index >= 15 is 0 Å². The molecule has 0 radical (unpaired) electrons. The van der Waals surface area contributed by atoms with Crippen LogP contribution >= 0.6 is 0 Å². The number of hydrogen-bond donors (Lipinski definition) is 0. The summed E-state index contributed by atoms with van der Waals surface area (Å²) in [6.07, 6.45) is 6.24. The van der Waals surface area contributed by atoms with Gasteiger partial charge in [0.2, 0.25) is 0 Å². The van der Waals surface area contributed by atoms with Gasteiger partial charge in [0.1, 0.15) is 11.4 Å². The number of allylic oxidation sites excluding steroid dienone is 1. The van der Waals surface area contributed by atoms with Crippen molar-refractivity contribution in [2.45, 2.75) is 90.5 Å². The van der Waals surface area contributed by atoms with Gasteiger partial charge in [-0.15, -0.1) is 0 Å². The first kappa shape index (κ1) is 25.3. The lowest BCUT2D eigenvalue weighted by Gasteiger charge is -2.41. The van der Waals surface area contributed by atoms with Crippen LogP contribution in [-0.4, -0.2) is 13.7 Å². The Labute approximate surface area is 220 Å². The molecule has 2 heteroatoms. The molecule has 0 spiro atoms. The average Bonchev–Trinajstić information content (AvgIpc) is 3.13. The monoisotopic (exact) mass is 496 g/mol. The SMILES string of the molecule is CC1CC2c3ccccc3C=CC2C1[Si](C)(C)c1cc2ccccc2c(C(C)(C)C)c1OC(C)(C)C. The van der Waals surface area contributed by atoms with Gasteiger partial charge in [-0.3, -0.25) is 0 Å². The van der Waals surface area contributed by atoms with Gasteiger partial charge in [-0.1, -0.05) is 108 Å². The molecule has 0 saturated heterocycles. The van der Waals surface area contributed by atoms with Gasteiger partial charge in [-0.25, -0.2) is 0 Å². The molecule has 190 valence electrons. The molecule has 1 saturated carbocycles. The van der Waals surface area contributed by atoms with Crippen LogP contribution in [0.25, 0.3) is 16.8 Å². The third kappa shape index (κ3) is 4.26. The number of rotatable bonds is 3. The van der Waals surface area contributed by atoms with Crippen LogP contribution in [-0.2, 0) is 5.41 Å². The quantitative estimate of drug-likeness (QED) is 0.329. The largest absolute Gasteiger partial charge is 0.488 e. The lowest BCUT2D eigenvalue weighted by Crippen LogP contribution is -2.51. The van der Waals surface area contributed by atoms with E-state index < -0.39 is 8.07 Å². The van der Waals surface area contributed by atoms with Gasteiger partial charge in [0.05, 0.1) is 8.07 Å². The highest BCUT2D eigenvalue weighted by Crippen LogP contribution is 2.58. The highest BCUT2D eigenvalue weighted by molar-refractivity contribution is 6.92. The zero-order chi connectivity index (χ0) is 26.0. The normalized spacial score (nSPS) is 24.0. The zero-order valence-electron chi connectivity index (χ0n) is 23.8. The average molecular weight is 497 g/mol. The summed E-state index contributed by atoms with van der Waals surface area (Å²) in [4.78, 5) is 0. The Bertz CT molecular complexity index is 1320. The van der Waals surface area contributed by atoms with Crippen molar-refractivity contribution in [1.82, 2.24) is 0 Å². The van der Waals surface area contributed by atoms with E-state index in [4.69, 9.17) is 4.74 Å². The van der Waals surface area contributed by atoms with E-state index in [1.807, 2.05) is 0 Å². The molecule has 4 atom stereocenters. The number of fused-ring (bicyclic) bond motifs is 4. The van der Waals surface area contributed by atoms with Crippen molar-refractivity contribution in [1.29, 1.82) is 0 Å². The number of benzene rings is 3. The second-order valence-electron chi connectivity index (χ2n) is 13.9. The van der Waals surface area contributed by atoms with Gasteiger partial charge in [0, 0.05) is 5.56 Å². The van der Waals surface area contributed by atoms with E-state index in [-0.39, 0.29) is 11.0 Å². The first-order valence-electron chi connectivity index (χ1n) is 13.8. The molecule has 0 aromatic heterocycles. The van der Waals surface area contributed by atoms with Gasteiger partial charge >= 0.3 is 0 Å². The molecule has 36 heavy (non-hydrogen) atoms. The van der Waals surface area contributed by atoms with Crippen molar-refractivity contribution in [3.63, 3.8) is 0 Å². The van der Waals surface area contributed by atoms with E-state index in [9.17, 15) is 0 Å². The van der Waals surface area contributed by atoms with Crippen LogP contribution in [0.4, 0.5) is 0 Å². The molecule has 5 rings (SSSR count). The van der Waals surface area contributed by atoms with Crippen LogP contribution in [0.2, 0.25) is 18.6 Å². The molecule has 2 aliphatic rings. The van der Waals surface area contributed by atoms with Crippen molar-refractivity contribution in [3.8, 4) is 5.75 Å². The van der Waals surface area contributed by atoms with Crippen molar-refractivity contribution in [3.05, 3.63) is 77.4 Å². The van der Waals surface area contributed by atoms with E-state index in [1.165, 1.54) is 39.3 Å². The van der Waals surface area contributed by atoms with Gasteiger partial charge in [-0.2, -0.15) is 0 Å². The molecule has 0 heterocycles. The minimum absolute atomic E-state index is 0.0197. The minimum atomic E-state index is -1.99. The fraction of sp³-hybridized carbons (Fsp3) is 0.471. The van der Waals surface area contributed by atoms with Gasteiger partial charge in [-0.05, 0) is 83.0 Å². The van der Waals surface area contributed by atoms with Crippen molar-refractivity contribution in [2.24, 2.45) is 11.8 Å². The van der Waals surface area contributed by atoms with Gasteiger partial charge in [0.25, 0.3) is 0 Å². The molecule has 1 nitrogen and oxygen atoms in total. The van der Waals surface area contributed by atoms with Crippen LogP contribution in [0, 0.1) is 11.8 Å². The first-order chi connectivity index (χ1) is 16.8. The molecule has 1 fully saturated rings. The smallest absolute Gasteiger partial charge is 0.123 e. The van der Waals surface area contributed by atoms with Crippen LogP contribution in [0.15, 0.2) is 60.7 Å². The maximum atomic E-state index is 6.99. The summed E-state index contributed by atoms with van der Waals surface area (Å²) in [5.41, 5.74) is 4.75. The predicted molar refractivity (Wildman–Crippen MR) is 159 cm³/mol. The number of hydrogen-bond acceptors (Lipinski definition) is 1. The molecule has 2 aliphatic carbocycles. The van der Waals surface area contributed by atoms with Crippen LogP contribution < -0.4 is 9.92 Å². The highest BCUT2D eigenvalue weighted by Gasteiger charge is 2.51. The van der Waals surface area contributed by atoms with E-state index in [0.29, 0.717) is 23.3 Å². The lowest BCUT2D eigenvalue weighted by atomic mass is 9.81. The maximum Gasteiger partial charge on any atom is 0.123 e. The Morgan fingerprint density at radius 2 is 1.56 bits per heavy atom. The molecule has 4 unspecified atom stereocenters. The molecule has 0 bridgehead atoms. The molecule has 0 N–H and O–H groups in total. The van der Waals surface area contributed by atoms with E-state index in [0.717, 1.165) is 0 Å². The Morgan fingerprint density at radius 1 is 0.889 bits per heavy atom.